The van der Waals surface area contributed by atoms with Gasteiger partial charge in [-0.1, -0.05) is 24.1 Å². The summed E-state index contributed by atoms with van der Waals surface area (Å²) in [4.78, 5) is 12.9. The van der Waals surface area contributed by atoms with Gasteiger partial charge in [-0.05, 0) is 25.5 Å². The number of piperidine rings is 1. The molecule has 0 aromatic heterocycles. The molecule has 1 heterocycles. The molecule has 104 valence electrons. The predicted molar refractivity (Wildman–Crippen MR) is 75.2 cm³/mol. The third kappa shape index (κ3) is 3.23. The monoisotopic (exact) mass is 283 g/mol. The molecule has 2 N–H and O–H groups in total. The maximum Gasteiger partial charge on any atom is 0.275 e. The summed E-state index contributed by atoms with van der Waals surface area (Å²) in [5.74, 6) is 0. The molecule has 1 unspecified atom stereocenters. The van der Waals surface area contributed by atoms with Gasteiger partial charge >= 0.3 is 0 Å². The largest absolute Gasteiger partial charge is 0.329 e. The highest BCUT2D eigenvalue weighted by Gasteiger charge is 2.25. The van der Waals surface area contributed by atoms with Crippen molar-refractivity contribution in [2.24, 2.45) is 5.73 Å². The number of nitrogens with two attached hydrogens (primary N) is 1. The zero-order valence-electron chi connectivity index (χ0n) is 10.7. The zero-order chi connectivity index (χ0) is 13.8. The van der Waals surface area contributed by atoms with Crippen LogP contribution in [-0.4, -0.2) is 29.0 Å². The van der Waals surface area contributed by atoms with E-state index >= 15 is 0 Å². The second kappa shape index (κ2) is 6.32. The number of nitro groups is 1. The molecule has 0 radical (unpaired) electrons. The van der Waals surface area contributed by atoms with E-state index in [0.29, 0.717) is 29.7 Å². The Kier molecular flexibility index (Phi) is 4.74. The van der Waals surface area contributed by atoms with Crippen molar-refractivity contribution in [2.75, 3.05) is 13.1 Å². The second-order valence-corrected chi connectivity index (χ2v) is 5.26. The standard InChI is InChI=1S/C13H18ClN3O2/c14-12-5-3-6-13(17(18)19)11(12)9-16-7-2-1-4-10(16)8-15/h3,5-6,10H,1-2,4,7-9,15H2. The van der Waals surface area contributed by atoms with Crippen molar-refractivity contribution in [3.05, 3.63) is 38.9 Å². The number of nitrogens with zero attached hydrogens (tertiary/aromatic N) is 2. The molecule has 2 rings (SSSR count). The smallest absolute Gasteiger partial charge is 0.275 e. The molecule has 0 bridgehead atoms. The van der Waals surface area contributed by atoms with E-state index in [1.54, 1.807) is 12.1 Å². The fraction of sp³-hybridized carbons (Fsp3) is 0.538. The molecule has 19 heavy (non-hydrogen) atoms. The summed E-state index contributed by atoms with van der Waals surface area (Å²) in [6, 6.07) is 5.11. The molecular formula is C13H18ClN3O2. The van der Waals surface area contributed by atoms with Crippen LogP contribution in [0.5, 0.6) is 0 Å². The Morgan fingerprint density at radius 2 is 2.26 bits per heavy atom. The molecule has 1 aromatic rings. The van der Waals surface area contributed by atoms with Crippen molar-refractivity contribution >= 4 is 17.3 Å². The van der Waals surface area contributed by atoms with Gasteiger partial charge in [-0.2, -0.15) is 0 Å². The highest BCUT2D eigenvalue weighted by atomic mass is 35.5. The van der Waals surface area contributed by atoms with Gasteiger partial charge in [0.15, 0.2) is 0 Å². The van der Waals surface area contributed by atoms with Gasteiger partial charge in [-0.25, -0.2) is 0 Å². The van der Waals surface area contributed by atoms with Crippen LogP contribution in [-0.2, 0) is 6.54 Å². The maximum absolute atomic E-state index is 11.1. The summed E-state index contributed by atoms with van der Waals surface area (Å²) in [6.07, 6.45) is 3.33. The van der Waals surface area contributed by atoms with Gasteiger partial charge in [0.25, 0.3) is 5.69 Å². The molecule has 0 spiro atoms. The van der Waals surface area contributed by atoms with Crippen LogP contribution in [0.15, 0.2) is 18.2 Å². The van der Waals surface area contributed by atoms with E-state index in [4.69, 9.17) is 17.3 Å². The average molecular weight is 284 g/mol. The Morgan fingerprint density at radius 1 is 1.47 bits per heavy atom. The Bertz CT molecular complexity index is 467. The lowest BCUT2D eigenvalue weighted by Gasteiger charge is -2.35. The molecule has 1 aliphatic heterocycles. The van der Waals surface area contributed by atoms with Crippen molar-refractivity contribution < 1.29 is 4.92 Å². The van der Waals surface area contributed by atoms with E-state index in [9.17, 15) is 10.1 Å². The summed E-state index contributed by atoms with van der Waals surface area (Å²) in [5.41, 5.74) is 6.46. The first-order valence-corrected chi connectivity index (χ1v) is 6.87. The van der Waals surface area contributed by atoms with Gasteiger partial charge in [-0.3, -0.25) is 15.0 Å². The zero-order valence-corrected chi connectivity index (χ0v) is 11.5. The summed E-state index contributed by atoms with van der Waals surface area (Å²) in [7, 11) is 0. The summed E-state index contributed by atoms with van der Waals surface area (Å²) < 4.78 is 0. The summed E-state index contributed by atoms with van der Waals surface area (Å²) >= 11 is 6.12. The van der Waals surface area contributed by atoms with Crippen LogP contribution in [0.3, 0.4) is 0 Å². The van der Waals surface area contributed by atoms with Crippen LogP contribution < -0.4 is 5.73 Å². The predicted octanol–water partition coefficient (Wildman–Crippen LogP) is 2.56. The van der Waals surface area contributed by atoms with Crippen molar-refractivity contribution in [3.63, 3.8) is 0 Å². The van der Waals surface area contributed by atoms with Crippen LogP contribution in [0, 0.1) is 10.1 Å². The Morgan fingerprint density at radius 3 is 2.95 bits per heavy atom. The van der Waals surface area contributed by atoms with Gasteiger partial charge in [-0.15, -0.1) is 0 Å². The number of hydrogen-bond donors (Lipinski definition) is 1. The lowest BCUT2D eigenvalue weighted by atomic mass is 10.0. The van der Waals surface area contributed by atoms with E-state index < -0.39 is 0 Å². The molecular weight excluding hydrogens is 266 g/mol. The van der Waals surface area contributed by atoms with E-state index in [1.165, 1.54) is 12.5 Å². The van der Waals surface area contributed by atoms with Gasteiger partial charge in [0.05, 0.1) is 15.5 Å². The molecule has 1 atom stereocenters. The summed E-state index contributed by atoms with van der Waals surface area (Å²) in [6.45, 7) is 2.00. The Labute approximate surface area is 117 Å². The quantitative estimate of drug-likeness (QED) is 0.681. The van der Waals surface area contributed by atoms with Crippen molar-refractivity contribution in [1.82, 2.24) is 4.90 Å². The maximum atomic E-state index is 11.1. The number of benzene rings is 1. The van der Waals surface area contributed by atoms with Crippen molar-refractivity contribution in [1.29, 1.82) is 0 Å². The number of likely N-dealkylation sites (tertiary alicyclic amines) is 1. The average Bonchev–Trinajstić information content (AvgIpc) is 2.41. The number of hydrogen-bond acceptors (Lipinski definition) is 4. The molecule has 5 nitrogen and oxygen atoms in total. The van der Waals surface area contributed by atoms with E-state index in [2.05, 4.69) is 4.90 Å². The lowest BCUT2D eigenvalue weighted by Crippen LogP contribution is -2.43. The first-order valence-electron chi connectivity index (χ1n) is 6.49. The van der Waals surface area contributed by atoms with Crippen LogP contribution in [0.4, 0.5) is 5.69 Å². The molecule has 1 fully saturated rings. The van der Waals surface area contributed by atoms with E-state index in [-0.39, 0.29) is 10.6 Å². The fourth-order valence-corrected chi connectivity index (χ4v) is 2.84. The van der Waals surface area contributed by atoms with Crippen molar-refractivity contribution in [2.45, 2.75) is 31.8 Å². The number of halogens is 1. The highest BCUT2D eigenvalue weighted by molar-refractivity contribution is 6.31. The molecule has 6 heteroatoms. The van der Waals surface area contributed by atoms with Gasteiger partial charge in [0.2, 0.25) is 0 Å². The number of nitro benzene ring substituents is 1. The minimum Gasteiger partial charge on any atom is -0.329 e. The lowest BCUT2D eigenvalue weighted by molar-refractivity contribution is -0.385. The third-order valence-corrected chi connectivity index (χ3v) is 4.03. The first kappa shape index (κ1) is 14.2. The Balaban J connectivity index is 2.24. The molecule has 1 aromatic carbocycles. The normalized spacial score (nSPS) is 20.4. The summed E-state index contributed by atoms with van der Waals surface area (Å²) in [5, 5.41) is 11.5. The second-order valence-electron chi connectivity index (χ2n) is 4.85. The molecule has 0 amide bonds. The van der Waals surface area contributed by atoms with Crippen LogP contribution in [0.1, 0.15) is 24.8 Å². The SMILES string of the molecule is NCC1CCCCN1Cc1c(Cl)cccc1[N+](=O)[O-]. The first-order chi connectivity index (χ1) is 9.13. The molecule has 0 aliphatic carbocycles. The van der Waals surface area contributed by atoms with Gasteiger partial charge in [0.1, 0.15) is 0 Å². The topological polar surface area (TPSA) is 72.4 Å². The number of rotatable bonds is 4. The molecule has 1 aliphatic rings. The third-order valence-electron chi connectivity index (χ3n) is 3.67. The van der Waals surface area contributed by atoms with E-state index in [0.717, 1.165) is 19.4 Å². The fourth-order valence-electron chi connectivity index (χ4n) is 2.61. The van der Waals surface area contributed by atoms with E-state index in [1.807, 2.05) is 0 Å². The molecule has 0 saturated carbocycles. The van der Waals surface area contributed by atoms with Crippen LogP contribution >= 0.6 is 11.6 Å². The van der Waals surface area contributed by atoms with Crippen molar-refractivity contribution in [3.8, 4) is 0 Å². The van der Waals surface area contributed by atoms with Crippen LogP contribution in [0.25, 0.3) is 0 Å². The van der Waals surface area contributed by atoms with Gasteiger partial charge in [0, 0.05) is 25.2 Å². The highest BCUT2D eigenvalue weighted by Crippen LogP contribution is 2.29. The molecule has 1 saturated heterocycles. The Hall–Kier alpha value is -1.17. The minimum atomic E-state index is -0.372. The van der Waals surface area contributed by atoms with Crippen LogP contribution in [0.2, 0.25) is 5.02 Å². The minimum absolute atomic E-state index is 0.0915. The van der Waals surface area contributed by atoms with Gasteiger partial charge < -0.3 is 5.73 Å².